The van der Waals surface area contributed by atoms with Crippen molar-refractivity contribution in [1.29, 1.82) is 0 Å². The molecular formula is C8H12N4OS. The molecule has 0 bridgehead atoms. The molecule has 1 aromatic heterocycles. The Morgan fingerprint density at radius 3 is 2.93 bits per heavy atom. The fourth-order valence-electron chi connectivity index (χ4n) is 0.812. The number of anilines is 1. The standard InChI is InChI=1S/C8H12N4OS/c1-14-3-2-10-8(13)6-4-12-7(9)5-11-6/h4-5H,2-3H2,1H3,(H2,9,12)(H,10,13). The van der Waals surface area contributed by atoms with E-state index in [1.54, 1.807) is 11.8 Å². The molecule has 1 amide bonds. The summed E-state index contributed by atoms with van der Waals surface area (Å²) in [5.74, 6) is 0.978. The Labute approximate surface area is 86.5 Å². The summed E-state index contributed by atoms with van der Waals surface area (Å²) in [6.07, 6.45) is 4.71. The number of nitrogens with one attached hydrogen (secondary N) is 1. The molecule has 0 saturated carbocycles. The largest absolute Gasteiger partial charge is 0.382 e. The Kier molecular flexibility index (Phi) is 4.18. The zero-order chi connectivity index (χ0) is 10.4. The molecule has 0 aliphatic carbocycles. The van der Waals surface area contributed by atoms with Crippen molar-refractivity contribution >= 4 is 23.5 Å². The van der Waals surface area contributed by atoms with E-state index in [0.717, 1.165) is 5.75 Å². The average Bonchev–Trinajstić information content (AvgIpc) is 2.19. The van der Waals surface area contributed by atoms with Gasteiger partial charge in [0, 0.05) is 12.3 Å². The van der Waals surface area contributed by atoms with E-state index in [2.05, 4.69) is 15.3 Å². The molecular weight excluding hydrogens is 200 g/mol. The Balaban J connectivity index is 2.48. The van der Waals surface area contributed by atoms with Gasteiger partial charge in [0.2, 0.25) is 0 Å². The van der Waals surface area contributed by atoms with Crippen LogP contribution >= 0.6 is 11.8 Å². The summed E-state index contributed by atoms with van der Waals surface area (Å²) in [7, 11) is 0. The maximum atomic E-state index is 11.4. The molecule has 1 aromatic rings. The van der Waals surface area contributed by atoms with Crippen LogP contribution in [0, 0.1) is 0 Å². The second-order valence-electron chi connectivity index (χ2n) is 2.58. The zero-order valence-corrected chi connectivity index (χ0v) is 8.67. The number of thioether (sulfide) groups is 1. The highest BCUT2D eigenvalue weighted by atomic mass is 32.2. The van der Waals surface area contributed by atoms with Crippen molar-refractivity contribution in [3.63, 3.8) is 0 Å². The SMILES string of the molecule is CSCCNC(=O)c1cnc(N)cn1. The van der Waals surface area contributed by atoms with Gasteiger partial charge in [-0.1, -0.05) is 0 Å². The summed E-state index contributed by atoms with van der Waals surface area (Å²) in [5, 5.41) is 2.72. The number of hydrogen-bond donors (Lipinski definition) is 2. The van der Waals surface area contributed by atoms with E-state index in [9.17, 15) is 4.79 Å². The number of nitrogen functional groups attached to an aromatic ring is 1. The van der Waals surface area contributed by atoms with E-state index in [1.807, 2.05) is 6.26 Å². The first-order valence-electron chi connectivity index (χ1n) is 4.08. The third-order valence-electron chi connectivity index (χ3n) is 1.50. The third kappa shape index (κ3) is 3.21. The van der Waals surface area contributed by atoms with Gasteiger partial charge < -0.3 is 11.1 Å². The van der Waals surface area contributed by atoms with Crippen molar-refractivity contribution in [2.24, 2.45) is 0 Å². The molecule has 0 aliphatic rings. The van der Waals surface area contributed by atoms with Crippen LogP contribution in [0.3, 0.4) is 0 Å². The average molecular weight is 212 g/mol. The number of rotatable bonds is 4. The van der Waals surface area contributed by atoms with Crippen molar-refractivity contribution in [2.45, 2.75) is 0 Å². The van der Waals surface area contributed by atoms with Crippen LogP contribution in [0.25, 0.3) is 0 Å². The molecule has 6 heteroatoms. The first-order valence-corrected chi connectivity index (χ1v) is 5.48. The normalized spacial score (nSPS) is 9.79. The quantitative estimate of drug-likeness (QED) is 0.694. The summed E-state index contributed by atoms with van der Waals surface area (Å²) >= 11 is 1.67. The van der Waals surface area contributed by atoms with Crippen LogP contribution in [-0.2, 0) is 0 Å². The molecule has 0 saturated heterocycles. The molecule has 5 nitrogen and oxygen atoms in total. The first-order chi connectivity index (χ1) is 6.74. The lowest BCUT2D eigenvalue weighted by atomic mass is 10.4. The van der Waals surface area contributed by atoms with Crippen LogP contribution in [0.4, 0.5) is 5.82 Å². The van der Waals surface area contributed by atoms with Crippen molar-refractivity contribution in [3.05, 3.63) is 18.1 Å². The summed E-state index contributed by atoms with van der Waals surface area (Å²) in [6, 6.07) is 0. The summed E-state index contributed by atoms with van der Waals surface area (Å²) in [4.78, 5) is 19.0. The molecule has 0 fully saturated rings. The second-order valence-corrected chi connectivity index (χ2v) is 3.56. The lowest BCUT2D eigenvalue weighted by Crippen LogP contribution is -2.26. The van der Waals surface area contributed by atoms with Gasteiger partial charge in [-0.2, -0.15) is 11.8 Å². The molecule has 3 N–H and O–H groups in total. The van der Waals surface area contributed by atoms with Gasteiger partial charge in [0.1, 0.15) is 11.5 Å². The van der Waals surface area contributed by atoms with E-state index in [-0.39, 0.29) is 5.91 Å². The van der Waals surface area contributed by atoms with Gasteiger partial charge in [0.25, 0.3) is 5.91 Å². The zero-order valence-electron chi connectivity index (χ0n) is 7.86. The minimum atomic E-state index is -0.216. The number of nitrogens with zero attached hydrogens (tertiary/aromatic N) is 2. The minimum absolute atomic E-state index is 0.216. The molecule has 76 valence electrons. The smallest absolute Gasteiger partial charge is 0.271 e. The Morgan fingerprint density at radius 1 is 1.57 bits per heavy atom. The number of carbonyl (C=O) groups excluding carboxylic acids is 1. The molecule has 14 heavy (non-hydrogen) atoms. The van der Waals surface area contributed by atoms with Crippen molar-refractivity contribution in [2.75, 3.05) is 24.3 Å². The number of hydrogen-bond acceptors (Lipinski definition) is 5. The number of amides is 1. The van der Waals surface area contributed by atoms with Gasteiger partial charge in [-0.25, -0.2) is 9.97 Å². The highest BCUT2D eigenvalue weighted by Gasteiger charge is 2.05. The van der Waals surface area contributed by atoms with Crippen LogP contribution in [-0.4, -0.2) is 34.4 Å². The van der Waals surface area contributed by atoms with Crippen molar-refractivity contribution < 1.29 is 4.79 Å². The van der Waals surface area contributed by atoms with Crippen LogP contribution in [0.1, 0.15) is 10.5 Å². The minimum Gasteiger partial charge on any atom is -0.382 e. The number of aromatic nitrogens is 2. The Hall–Kier alpha value is -1.30. The van der Waals surface area contributed by atoms with Crippen LogP contribution in [0.5, 0.6) is 0 Å². The molecule has 1 rings (SSSR count). The molecule has 0 aliphatic heterocycles. The Bertz CT molecular complexity index is 301. The molecule has 0 radical (unpaired) electrons. The van der Waals surface area contributed by atoms with Crippen molar-refractivity contribution in [3.8, 4) is 0 Å². The highest BCUT2D eigenvalue weighted by Crippen LogP contribution is 1.96. The van der Waals surface area contributed by atoms with Gasteiger partial charge >= 0.3 is 0 Å². The van der Waals surface area contributed by atoms with Crippen molar-refractivity contribution in [1.82, 2.24) is 15.3 Å². The summed E-state index contributed by atoms with van der Waals surface area (Å²) < 4.78 is 0. The number of carbonyl (C=O) groups is 1. The first kappa shape index (κ1) is 10.8. The fraction of sp³-hybridized carbons (Fsp3) is 0.375. The van der Waals surface area contributed by atoms with Gasteiger partial charge in [-0.15, -0.1) is 0 Å². The third-order valence-corrected chi connectivity index (χ3v) is 2.11. The van der Waals surface area contributed by atoms with E-state index in [1.165, 1.54) is 12.4 Å². The van der Waals surface area contributed by atoms with Gasteiger partial charge in [0.15, 0.2) is 0 Å². The highest BCUT2D eigenvalue weighted by molar-refractivity contribution is 7.98. The van der Waals surface area contributed by atoms with Crippen LogP contribution in [0.2, 0.25) is 0 Å². The lowest BCUT2D eigenvalue weighted by Gasteiger charge is -2.02. The van der Waals surface area contributed by atoms with E-state index in [4.69, 9.17) is 5.73 Å². The maximum absolute atomic E-state index is 11.4. The molecule has 1 heterocycles. The molecule has 0 spiro atoms. The molecule has 0 atom stereocenters. The van der Waals surface area contributed by atoms with E-state index in [0.29, 0.717) is 18.1 Å². The topological polar surface area (TPSA) is 80.9 Å². The predicted octanol–water partition coefficient (Wildman–Crippen LogP) is 0.152. The van der Waals surface area contributed by atoms with Crippen LogP contribution in [0.15, 0.2) is 12.4 Å². The van der Waals surface area contributed by atoms with Gasteiger partial charge in [-0.3, -0.25) is 4.79 Å². The summed E-state index contributed by atoms with van der Waals surface area (Å²) in [6.45, 7) is 0.631. The molecule has 0 aromatic carbocycles. The van der Waals surface area contributed by atoms with Gasteiger partial charge in [-0.05, 0) is 6.26 Å². The fourth-order valence-corrected chi connectivity index (χ4v) is 1.12. The molecule has 0 unspecified atom stereocenters. The summed E-state index contributed by atoms with van der Waals surface area (Å²) in [5.41, 5.74) is 5.63. The number of nitrogens with two attached hydrogens (primary N) is 1. The monoisotopic (exact) mass is 212 g/mol. The maximum Gasteiger partial charge on any atom is 0.271 e. The lowest BCUT2D eigenvalue weighted by molar-refractivity contribution is 0.0951. The van der Waals surface area contributed by atoms with E-state index >= 15 is 0 Å². The van der Waals surface area contributed by atoms with Gasteiger partial charge in [0.05, 0.1) is 12.4 Å². The Morgan fingerprint density at radius 2 is 2.36 bits per heavy atom. The second kappa shape index (κ2) is 5.43. The van der Waals surface area contributed by atoms with Crippen LogP contribution < -0.4 is 11.1 Å². The predicted molar refractivity (Wildman–Crippen MR) is 57.2 cm³/mol. The van der Waals surface area contributed by atoms with E-state index < -0.39 is 0 Å².